The van der Waals surface area contributed by atoms with Gasteiger partial charge in [0.15, 0.2) is 11.5 Å². The SMILES string of the molecule is CCCCNC(=O)C(CC)N(Cc1ccc(C)cc1)C(=O)CN(c1ccc(F)cc1)S(=O)(=O)c1ccc2c(c1)OCCO2. The van der Waals surface area contributed by atoms with Crippen LogP contribution in [-0.2, 0) is 26.2 Å². The van der Waals surface area contributed by atoms with Crippen molar-refractivity contribution >= 4 is 27.5 Å². The van der Waals surface area contributed by atoms with Gasteiger partial charge in [-0.2, -0.15) is 0 Å². The summed E-state index contributed by atoms with van der Waals surface area (Å²) in [6, 6.07) is 15.8. The normalized spacial score (nSPS) is 13.2. The molecule has 11 heteroatoms. The van der Waals surface area contributed by atoms with Gasteiger partial charge in [-0.05, 0) is 61.7 Å². The first-order valence-corrected chi connectivity index (χ1v) is 15.9. The topological polar surface area (TPSA) is 105 Å². The van der Waals surface area contributed by atoms with E-state index in [1.807, 2.05) is 45.0 Å². The summed E-state index contributed by atoms with van der Waals surface area (Å²) in [7, 11) is -4.35. The van der Waals surface area contributed by atoms with E-state index >= 15 is 0 Å². The molecule has 0 radical (unpaired) electrons. The molecule has 230 valence electrons. The molecule has 1 unspecified atom stereocenters. The number of rotatable bonds is 13. The lowest BCUT2D eigenvalue weighted by molar-refractivity contribution is -0.140. The zero-order valence-electron chi connectivity index (χ0n) is 24.7. The van der Waals surface area contributed by atoms with Gasteiger partial charge in [0, 0.05) is 19.2 Å². The number of aryl methyl sites for hydroxylation is 1. The average molecular weight is 612 g/mol. The number of halogens is 1. The van der Waals surface area contributed by atoms with Gasteiger partial charge in [0.2, 0.25) is 11.8 Å². The Morgan fingerprint density at radius 2 is 1.63 bits per heavy atom. The lowest BCUT2D eigenvalue weighted by Gasteiger charge is -2.33. The van der Waals surface area contributed by atoms with Gasteiger partial charge in [0.05, 0.1) is 10.6 Å². The Bertz CT molecular complexity index is 1510. The van der Waals surface area contributed by atoms with Crippen LogP contribution in [0, 0.1) is 12.7 Å². The van der Waals surface area contributed by atoms with E-state index in [0.29, 0.717) is 25.3 Å². The number of hydrogen-bond acceptors (Lipinski definition) is 6. The molecule has 3 aromatic rings. The summed E-state index contributed by atoms with van der Waals surface area (Å²) in [6.07, 6.45) is 2.01. The highest BCUT2D eigenvalue weighted by Gasteiger charge is 2.34. The minimum Gasteiger partial charge on any atom is -0.486 e. The quantitative estimate of drug-likeness (QED) is 0.278. The molecule has 0 aliphatic carbocycles. The molecule has 9 nitrogen and oxygen atoms in total. The van der Waals surface area contributed by atoms with Gasteiger partial charge in [-0.1, -0.05) is 50.1 Å². The Balaban J connectivity index is 1.72. The number of fused-ring (bicyclic) bond motifs is 1. The van der Waals surface area contributed by atoms with Crippen molar-refractivity contribution in [1.29, 1.82) is 0 Å². The summed E-state index contributed by atoms with van der Waals surface area (Å²) in [5.41, 5.74) is 1.93. The molecule has 2 amide bonds. The van der Waals surface area contributed by atoms with Crippen molar-refractivity contribution in [2.24, 2.45) is 0 Å². The maximum atomic E-state index is 14.1. The van der Waals surface area contributed by atoms with Crippen molar-refractivity contribution < 1.29 is 31.9 Å². The molecule has 43 heavy (non-hydrogen) atoms. The van der Waals surface area contributed by atoms with Gasteiger partial charge in [-0.25, -0.2) is 12.8 Å². The predicted octanol–water partition coefficient (Wildman–Crippen LogP) is 4.82. The van der Waals surface area contributed by atoms with Crippen LogP contribution in [0.25, 0.3) is 0 Å². The van der Waals surface area contributed by atoms with E-state index in [0.717, 1.165) is 40.4 Å². The van der Waals surface area contributed by atoms with Crippen molar-refractivity contribution in [2.45, 2.75) is 57.5 Å². The van der Waals surface area contributed by atoms with Crippen LogP contribution in [0.3, 0.4) is 0 Å². The number of amides is 2. The molecule has 1 N–H and O–H groups in total. The molecule has 0 fully saturated rings. The van der Waals surface area contributed by atoms with Crippen molar-refractivity contribution in [3.8, 4) is 11.5 Å². The fourth-order valence-electron chi connectivity index (χ4n) is 4.76. The number of sulfonamides is 1. The van der Waals surface area contributed by atoms with E-state index in [-0.39, 0.29) is 35.4 Å². The number of carbonyl (C=O) groups is 2. The van der Waals surface area contributed by atoms with Crippen molar-refractivity contribution in [3.63, 3.8) is 0 Å². The van der Waals surface area contributed by atoms with Gasteiger partial charge in [0.1, 0.15) is 31.6 Å². The first-order valence-electron chi connectivity index (χ1n) is 14.4. The van der Waals surface area contributed by atoms with Crippen LogP contribution >= 0.6 is 0 Å². The van der Waals surface area contributed by atoms with Crippen molar-refractivity contribution in [1.82, 2.24) is 10.2 Å². The third-order valence-corrected chi connectivity index (χ3v) is 8.95. The predicted molar refractivity (Wildman–Crippen MR) is 162 cm³/mol. The Morgan fingerprint density at radius 1 is 0.953 bits per heavy atom. The van der Waals surface area contributed by atoms with Crippen LogP contribution in [0.5, 0.6) is 11.5 Å². The van der Waals surface area contributed by atoms with Gasteiger partial charge in [0.25, 0.3) is 10.0 Å². The first-order chi connectivity index (χ1) is 20.6. The number of nitrogens with zero attached hydrogens (tertiary/aromatic N) is 2. The maximum absolute atomic E-state index is 14.1. The van der Waals surface area contributed by atoms with E-state index in [1.54, 1.807) is 0 Å². The highest BCUT2D eigenvalue weighted by atomic mass is 32.2. The van der Waals surface area contributed by atoms with Gasteiger partial charge in [-0.15, -0.1) is 0 Å². The monoisotopic (exact) mass is 611 g/mol. The van der Waals surface area contributed by atoms with Crippen LogP contribution in [0.2, 0.25) is 0 Å². The second-order valence-electron chi connectivity index (χ2n) is 10.4. The number of anilines is 1. The summed E-state index contributed by atoms with van der Waals surface area (Å²) < 4.78 is 54.1. The highest BCUT2D eigenvalue weighted by Crippen LogP contribution is 2.34. The number of ether oxygens (including phenoxy) is 2. The molecule has 0 spiro atoms. The summed E-state index contributed by atoms with van der Waals surface area (Å²) in [4.78, 5) is 28.7. The summed E-state index contributed by atoms with van der Waals surface area (Å²) >= 11 is 0. The second-order valence-corrected chi connectivity index (χ2v) is 12.2. The zero-order valence-corrected chi connectivity index (χ0v) is 25.5. The van der Waals surface area contributed by atoms with Gasteiger partial charge >= 0.3 is 0 Å². The van der Waals surface area contributed by atoms with E-state index in [2.05, 4.69) is 5.32 Å². The number of carbonyl (C=O) groups excluding carboxylic acids is 2. The lowest BCUT2D eigenvalue weighted by Crippen LogP contribution is -2.52. The largest absolute Gasteiger partial charge is 0.486 e. The lowest BCUT2D eigenvalue weighted by atomic mass is 10.1. The molecule has 1 aliphatic heterocycles. The van der Waals surface area contributed by atoms with Gasteiger partial charge < -0.3 is 19.7 Å². The van der Waals surface area contributed by atoms with E-state index in [4.69, 9.17) is 9.47 Å². The summed E-state index contributed by atoms with van der Waals surface area (Å²) in [5.74, 6) is -0.752. The Morgan fingerprint density at radius 3 is 2.28 bits per heavy atom. The number of unbranched alkanes of at least 4 members (excludes halogenated alkanes) is 1. The molecule has 0 bridgehead atoms. The Labute approximate surface area is 252 Å². The molecule has 4 rings (SSSR count). The molecule has 1 aliphatic rings. The van der Waals surface area contributed by atoms with Crippen LogP contribution in [0.1, 0.15) is 44.2 Å². The van der Waals surface area contributed by atoms with E-state index in [1.165, 1.54) is 35.2 Å². The molecule has 0 saturated carbocycles. The number of benzene rings is 3. The standard InChI is InChI=1S/C32H38FN3O6S/c1-4-6-17-34-32(38)28(5-2)35(21-24-9-7-23(3)8-10-24)31(37)22-36(26-13-11-25(33)12-14-26)43(39,40)27-15-16-29-30(20-27)42-19-18-41-29/h7-16,20,28H,4-6,17-19,21-22H2,1-3H3,(H,34,38). The fourth-order valence-corrected chi connectivity index (χ4v) is 6.19. The average Bonchev–Trinajstić information content (AvgIpc) is 3.01. The van der Waals surface area contributed by atoms with Crippen LogP contribution in [-0.4, -0.2) is 57.5 Å². The molecule has 1 atom stereocenters. The van der Waals surface area contributed by atoms with E-state index in [9.17, 15) is 22.4 Å². The minimum atomic E-state index is -4.35. The summed E-state index contributed by atoms with van der Waals surface area (Å²) in [6.45, 7) is 6.34. The van der Waals surface area contributed by atoms with Crippen LogP contribution < -0.4 is 19.1 Å². The minimum absolute atomic E-state index is 0.0974. The fraction of sp³-hybridized carbons (Fsp3) is 0.375. The van der Waals surface area contributed by atoms with E-state index < -0.39 is 34.3 Å². The molecule has 3 aromatic carbocycles. The van der Waals surface area contributed by atoms with Crippen molar-refractivity contribution in [3.05, 3.63) is 83.7 Å². The molecule has 1 heterocycles. The van der Waals surface area contributed by atoms with Crippen molar-refractivity contribution in [2.75, 3.05) is 30.6 Å². The van der Waals surface area contributed by atoms with Gasteiger partial charge in [-0.3, -0.25) is 13.9 Å². The molecular weight excluding hydrogens is 573 g/mol. The zero-order chi connectivity index (χ0) is 31.0. The molecular formula is C32H38FN3O6S. The molecule has 0 aromatic heterocycles. The van der Waals surface area contributed by atoms with Crippen LogP contribution in [0.15, 0.2) is 71.6 Å². The first kappa shape index (κ1) is 31.8. The Kier molecular flexibility index (Phi) is 10.6. The number of nitrogens with one attached hydrogen (secondary N) is 1. The highest BCUT2D eigenvalue weighted by molar-refractivity contribution is 7.92. The Hall–Kier alpha value is -4.12. The maximum Gasteiger partial charge on any atom is 0.264 e. The second kappa shape index (κ2) is 14.4. The summed E-state index contributed by atoms with van der Waals surface area (Å²) in [5, 5.41) is 2.91. The molecule has 0 saturated heterocycles. The smallest absolute Gasteiger partial charge is 0.264 e. The number of hydrogen-bond donors (Lipinski definition) is 1. The third-order valence-electron chi connectivity index (χ3n) is 7.18. The van der Waals surface area contributed by atoms with Crippen LogP contribution in [0.4, 0.5) is 10.1 Å². The third kappa shape index (κ3) is 7.84.